The smallest absolute Gasteiger partial charge is 0.336 e. The van der Waals surface area contributed by atoms with Gasteiger partial charge in [0.2, 0.25) is 0 Å². The maximum atomic E-state index is 12.1. The lowest BCUT2D eigenvalue weighted by atomic mass is 10.1. The van der Waals surface area contributed by atoms with Crippen molar-refractivity contribution < 1.29 is 14.3 Å². The number of halogens is 1. The van der Waals surface area contributed by atoms with Gasteiger partial charge in [0.15, 0.2) is 0 Å². The lowest BCUT2D eigenvalue weighted by molar-refractivity contribution is 0.0677. The third-order valence-corrected chi connectivity index (χ3v) is 5.55. The Bertz CT molecular complexity index is 1030. The zero-order valence-corrected chi connectivity index (χ0v) is 17.0. The Morgan fingerprint density at radius 1 is 1.11 bits per heavy atom. The highest BCUT2D eigenvalue weighted by Crippen LogP contribution is 2.25. The van der Waals surface area contributed by atoms with Crippen LogP contribution in [0.1, 0.15) is 24.0 Å². The summed E-state index contributed by atoms with van der Waals surface area (Å²) in [7, 11) is 0. The van der Waals surface area contributed by atoms with E-state index in [1.807, 2.05) is 36.4 Å². The SMILES string of the molecule is O=c1cc(CN(Cc2ccccc2O)CC2CCCO2)c2ccc(Br)cc2o1. The Morgan fingerprint density at radius 3 is 2.71 bits per heavy atom. The maximum absolute atomic E-state index is 12.1. The van der Waals surface area contributed by atoms with Gasteiger partial charge in [-0.1, -0.05) is 34.1 Å². The van der Waals surface area contributed by atoms with Gasteiger partial charge in [0.05, 0.1) is 6.10 Å². The Hall–Kier alpha value is -2.15. The molecule has 1 saturated heterocycles. The van der Waals surface area contributed by atoms with Crippen LogP contribution in [0.3, 0.4) is 0 Å². The van der Waals surface area contributed by atoms with Crippen molar-refractivity contribution in [2.75, 3.05) is 13.2 Å². The van der Waals surface area contributed by atoms with Gasteiger partial charge in [-0.25, -0.2) is 4.79 Å². The lowest BCUT2D eigenvalue weighted by Gasteiger charge is -2.26. The fraction of sp³-hybridized carbons (Fsp3) is 0.318. The molecule has 2 heterocycles. The van der Waals surface area contributed by atoms with Crippen molar-refractivity contribution in [1.82, 2.24) is 4.90 Å². The largest absolute Gasteiger partial charge is 0.508 e. The van der Waals surface area contributed by atoms with E-state index in [0.717, 1.165) is 47.0 Å². The standard InChI is InChI=1S/C22H22BrNO4/c23-17-7-8-19-16(10-22(26)28-21(19)11-17)13-24(14-18-5-3-9-27-18)12-15-4-1-2-6-20(15)25/h1-2,4,6-8,10-11,18,25H,3,5,9,12-14H2. The average Bonchev–Trinajstić information content (AvgIpc) is 3.16. The van der Waals surface area contributed by atoms with E-state index in [4.69, 9.17) is 9.15 Å². The number of ether oxygens (including phenoxy) is 1. The second kappa shape index (κ2) is 8.47. The van der Waals surface area contributed by atoms with Crippen LogP contribution in [0.25, 0.3) is 11.0 Å². The van der Waals surface area contributed by atoms with E-state index in [-0.39, 0.29) is 17.5 Å². The van der Waals surface area contributed by atoms with Crippen LogP contribution in [0.2, 0.25) is 0 Å². The van der Waals surface area contributed by atoms with Gasteiger partial charge in [-0.2, -0.15) is 0 Å². The highest BCUT2D eigenvalue weighted by atomic mass is 79.9. The van der Waals surface area contributed by atoms with E-state index in [2.05, 4.69) is 20.8 Å². The molecule has 6 heteroatoms. The van der Waals surface area contributed by atoms with E-state index in [9.17, 15) is 9.90 Å². The first-order valence-corrected chi connectivity index (χ1v) is 10.2. The molecule has 1 aromatic heterocycles. The predicted octanol–water partition coefficient (Wildman–Crippen LogP) is 4.44. The Balaban J connectivity index is 1.66. The molecule has 0 spiro atoms. The number of fused-ring (bicyclic) bond motifs is 1. The first kappa shape index (κ1) is 19.2. The van der Waals surface area contributed by atoms with Crippen molar-refractivity contribution in [1.29, 1.82) is 0 Å². The fourth-order valence-electron chi connectivity index (χ4n) is 3.72. The summed E-state index contributed by atoms with van der Waals surface area (Å²) >= 11 is 3.43. The second-order valence-corrected chi connectivity index (χ2v) is 8.08. The minimum absolute atomic E-state index is 0.173. The maximum Gasteiger partial charge on any atom is 0.336 e. The van der Waals surface area contributed by atoms with Crippen molar-refractivity contribution in [3.8, 4) is 5.75 Å². The van der Waals surface area contributed by atoms with Gasteiger partial charge in [-0.3, -0.25) is 4.90 Å². The second-order valence-electron chi connectivity index (χ2n) is 7.16. The van der Waals surface area contributed by atoms with Crippen molar-refractivity contribution in [3.05, 3.63) is 74.6 Å². The van der Waals surface area contributed by atoms with E-state index in [0.29, 0.717) is 18.7 Å². The lowest BCUT2D eigenvalue weighted by Crippen LogP contribution is -2.31. The molecule has 1 aliphatic heterocycles. The molecule has 0 amide bonds. The first-order valence-electron chi connectivity index (χ1n) is 9.41. The molecule has 4 rings (SSSR count). The molecule has 0 saturated carbocycles. The summed E-state index contributed by atoms with van der Waals surface area (Å²) in [6, 6.07) is 14.6. The van der Waals surface area contributed by atoms with Crippen molar-refractivity contribution in [2.24, 2.45) is 0 Å². The zero-order chi connectivity index (χ0) is 19.5. The quantitative estimate of drug-likeness (QED) is 0.570. The summed E-state index contributed by atoms with van der Waals surface area (Å²) in [6.45, 7) is 2.68. The van der Waals surface area contributed by atoms with E-state index in [1.165, 1.54) is 0 Å². The fourth-order valence-corrected chi connectivity index (χ4v) is 4.06. The number of hydrogen-bond donors (Lipinski definition) is 1. The third kappa shape index (κ3) is 4.46. The van der Waals surface area contributed by atoms with Crippen molar-refractivity contribution >= 4 is 26.9 Å². The molecule has 1 N–H and O–H groups in total. The highest BCUT2D eigenvalue weighted by molar-refractivity contribution is 9.10. The highest BCUT2D eigenvalue weighted by Gasteiger charge is 2.21. The van der Waals surface area contributed by atoms with Gasteiger partial charge in [-0.05, 0) is 42.7 Å². The van der Waals surface area contributed by atoms with E-state index in [1.54, 1.807) is 12.1 Å². The van der Waals surface area contributed by atoms with Crippen LogP contribution >= 0.6 is 15.9 Å². The molecule has 1 aliphatic rings. The number of rotatable bonds is 6. The van der Waals surface area contributed by atoms with Crippen LogP contribution in [0.5, 0.6) is 5.75 Å². The van der Waals surface area contributed by atoms with Crippen molar-refractivity contribution in [2.45, 2.75) is 32.0 Å². The van der Waals surface area contributed by atoms with Gasteiger partial charge < -0.3 is 14.3 Å². The Morgan fingerprint density at radius 2 is 1.93 bits per heavy atom. The molecule has 0 aliphatic carbocycles. The molecule has 146 valence electrons. The molecule has 28 heavy (non-hydrogen) atoms. The molecular weight excluding hydrogens is 422 g/mol. The van der Waals surface area contributed by atoms with Gasteiger partial charge >= 0.3 is 5.63 Å². The molecule has 0 radical (unpaired) electrons. The molecule has 0 bridgehead atoms. The normalized spacial score (nSPS) is 16.9. The molecule has 1 fully saturated rings. The van der Waals surface area contributed by atoms with Crippen LogP contribution in [-0.4, -0.2) is 29.3 Å². The monoisotopic (exact) mass is 443 g/mol. The van der Waals surface area contributed by atoms with Crippen LogP contribution < -0.4 is 5.63 Å². The molecule has 2 aromatic carbocycles. The molecule has 3 aromatic rings. The van der Waals surface area contributed by atoms with Crippen LogP contribution in [-0.2, 0) is 17.8 Å². The van der Waals surface area contributed by atoms with Crippen LogP contribution in [0.4, 0.5) is 0 Å². The topological polar surface area (TPSA) is 62.9 Å². The Kier molecular flexibility index (Phi) is 5.80. The summed E-state index contributed by atoms with van der Waals surface area (Å²) in [5.74, 6) is 0.279. The average molecular weight is 444 g/mol. The summed E-state index contributed by atoms with van der Waals surface area (Å²) in [4.78, 5) is 14.3. The summed E-state index contributed by atoms with van der Waals surface area (Å²) < 4.78 is 12.1. The minimum Gasteiger partial charge on any atom is -0.508 e. The summed E-state index contributed by atoms with van der Waals surface area (Å²) in [5, 5.41) is 11.1. The number of para-hydroxylation sites is 1. The van der Waals surface area contributed by atoms with Crippen LogP contribution in [0.15, 0.2) is 62.2 Å². The summed E-state index contributed by atoms with van der Waals surface area (Å²) in [6.07, 6.45) is 2.27. The molecule has 1 atom stereocenters. The first-order chi connectivity index (χ1) is 13.6. The number of nitrogens with zero attached hydrogens (tertiary/aromatic N) is 1. The van der Waals surface area contributed by atoms with Gasteiger partial charge in [0, 0.05) is 47.7 Å². The molecular formula is C22H22BrNO4. The van der Waals surface area contributed by atoms with Gasteiger partial charge in [-0.15, -0.1) is 0 Å². The predicted molar refractivity (Wildman–Crippen MR) is 111 cm³/mol. The number of phenols is 1. The summed E-state index contributed by atoms with van der Waals surface area (Å²) in [5.41, 5.74) is 1.97. The number of benzene rings is 2. The van der Waals surface area contributed by atoms with Crippen LogP contribution in [0, 0.1) is 0 Å². The molecule has 5 nitrogen and oxygen atoms in total. The van der Waals surface area contributed by atoms with E-state index >= 15 is 0 Å². The zero-order valence-electron chi connectivity index (χ0n) is 15.4. The number of hydrogen-bond acceptors (Lipinski definition) is 5. The van der Waals surface area contributed by atoms with Crippen molar-refractivity contribution in [3.63, 3.8) is 0 Å². The van der Waals surface area contributed by atoms with E-state index < -0.39 is 0 Å². The minimum atomic E-state index is -0.361. The van der Waals surface area contributed by atoms with Gasteiger partial charge in [0.1, 0.15) is 11.3 Å². The van der Waals surface area contributed by atoms with Gasteiger partial charge in [0.25, 0.3) is 0 Å². The third-order valence-electron chi connectivity index (χ3n) is 5.06. The Labute approximate surface area is 171 Å². The number of phenolic OH excluding ortho intramolecular Hbond substituents is 1. The number of aromatic hydroxyl groups is 1. The molecule has 1 unspecified atom stereocenters.